The molecule has 0 aliphatic heterocycles. The second kappa shape index (κ2) is 9.10. The summed E-state index contributed by atoms with van der Waals surface area (Å²) in [6.45, 7) is 4.17. The summed E-state index contributed by atoms with van der Waals surface area (Å²) in [5.41, 5.74) is 2.51. The van der Waals surface area contributed by atoms with E-state index in [1.54, 1.807) is 12.1 Å². The second-order valence-corrected chi connectivity index (χ2v) is 9.60. The second-order valence-electron chi connectivity index (χ2n) is 8.34. The third-order valence-electron chi connectivity index (χ3n) is 5.91. The van der Waals surface area contributed by atoms with Crippen molar-refractivity contribution >= 4 is 33.3 Å². The molecule has 0 saturated carbocycles. The first kappa shape index (κ1) is 23.8. The lowest BCUT2D eigenvalue weighted by Gasteiger charge is -2.13. The Morgan fingerprint density at radius 1 is 1.03 bits per heavy atom. The fraction of sp³-hybridized carbons (Fsp3) is 0.231. The maximum Gasteiger partial charge on any atom is 0.416 e. The summed E-state index contributed by atoms with van der Waals surface area (Å²) in [6.07, 6.45) is -2.28. The van der Waals surface area contributed by atoms with Gasteiger partial charge in [-0.3, -0.25) is 4.79 Å². The number of carboxylic acid groups (broad SMARTS) is 1. The molecular formula is C26H22F3NO3S. The lowest BCUT2D eigenvalue weighted by atomic mass is 9.92. The zero-order valence-electron chi connectivity index (χ0n) is 18.5. The van der Waals surface area contributed by atoms with E-state index < -0.39 is 17.7 Å². The number of aromatic carboxylic acids is 1. The quantitative estimate of drug-likeness (QED) is 0.283. The van der Waals surface area contributed by atoms with Crippen LogP contribution in [0.1, 0.15) is 61.5 Å². The summed E-state index contributed by atoms with van der Waals surface area (Å²) in [6, 6.07) is 13.5. The molecule has 0 spiro atoms. The summed E-state index contributed by atoms with van der Waals surface area (Å²) in [4.78, 5) is 25.3. The molecule has 176 valence electrons. The number of carbonyl (C=O) groups excluding carboxylic acids is 1. The number of rotatable bonds is 7. The molecule has 0 unspecified atom stereocenters. The van der Waals surface area contributed by atoms with Crippen molar-refractivity contribution < 1.29 is 27.9 Å². The van der Waals surface area contributed by atoms with E-state index >= 15 is 0 Å². The molecule has 4 nitrogen and oxygen atoms in total. The minimum atomic E-state index is -4.38. The zero-order valence-corrected chi connectivity index (χ0v) is 19.3. The van der Waals surface area contributed by atoms with E-state index in [0.29, 0.717) is 17.7 Å². The van der Waals surface area contributed by atoms with Gasteiger partial charge in [0, 0.05) is 24.0 Å². The fourth-order valence-electron chi connectivity index (χ4n) is 4.09. The maximum absolute atomic E-state index is 13.3. The number of halogens is 3. The average molecular weight is 486 g/mol. The number of nitrogens with zero attached hydrogens (tertiary/aromatic N) is 1. The van der Waals surface area contributed by atoms with E-state index in [1.807, 2.05) is 30.7 Å². The van der Waals surface area contributed by atoms with E-state index in [4.69, 9.17) is 5.11 Å². The summed E-state index contributed by atoms with van der Waals surface area (Å²) >= 11 is 1.52. The highest BCUT2D eigenvalue weighted by Gasteiger charge is 2.30. The normalized spacial score (nSPS) is 12.7. The monoisotopic (exact) mass is 485 g/mol. The third kappa shape index (κ3) is 4.77. The Hall–Kier alpha value is -3.39. The van der Waals surface area contributed by atoms with Crippen molar-refractivity contribution in [2.45, 2.75) is 38.9 Å². The Morgan fingerprint density at radius 2 is 1.68 bits per heavy atom. The molecule has 0 bridgehead atoms. The molecule has 4 rings (SSSR count). The largest absolute Gasteiger partial charge is 0.478 e. The van der Waals surface area contributed by atoms with Crippen molar-refractivity contribution in [3.05, 3.63) is 93.5 Å². The number of alkyl halides is 3. The predicted molar refractivity (Wildman–Crippen MR) is 126 cm³/mol. The van der Waals surface area contributed by atoms with Crippen molar-refractivity contribution in [1.82, 2.24) is 4.57 Å². The van der Waals surface area contributed by atoms with Gasteiger partial charge in [0.15, 0.2) is 5.78 Å². The summed E-state index contributed by atoms with van der Waals surface area (Å²) in [5.74, 6) is -1.13. The van der Waals surface area contributed by atoms with Crippen molar-refractivity contribution in [3.63, 3.8) is 0 Å². The highest BCUT2D eigenvalue weighted by atomic mass is 32.1. The maximum atomic E-state index is 13.3. The topological polar surface area (TPSA) is 59.3 Å². The van der Waals surface area contributed by atoms with Gasteiger partial charge < -0.3 is 9.67 Å². The Balaban J connectivity index is 1.58. The van der Waals surface area contributed by atoms with E-state index in [1.165, 1.54) is 35.6 Å². The third-order valence-corrected chi connectivity index (χ3v) is 6.97. The molecule has 2 aromatic heterocycles. The van der Waals surface area contributed by atoms with Gasteiger partial charge in [0.2, 0.25) is 0 Å². The van der Waals surface area contributed by atoms with Gasteiger partial charge in [-0.15, -0.1) is 11.3 Å². The van der Waals surface area contributed by atoms with Crippen LogP contribution >= 0.6 is 11.3 Å². The molecular weight excluding hydrogens is 463 g/mol. The molecule has 8 heteroatoms. The van der Waals surface area contributed by atoms with Gasteiger partial charge in [0.05, 0.1) is 26.9 Å². The average Bonchev–Trinajstić information content (AvgIpc) is 3.31. The number of ketones is 1. The number of benzene rings is 2. The van der Waals surface area contributed by atoms with E-state index in [-0.39, 0.29) is 23.7 Å². The molecule has 1 atom stereocenters. The Bertz CT molecular complexity index is 1350. The van der Waals surface area contributed by atoms with Crippen LogP contribution in [-0.2, 0) is 12.7 Å². The number of hydrogen-bond acceptors (Lipinski definition) is 3. The molecule has 0 radical (unpaired) electrons. The molecule has 4 aromatic rings. The van der Waals surface area contributed by atoms with Crippen LogP contribution in [0.15, 0.2) is 60.8 Å². The number of fused-ring (bicyclic) bond motifs is 1. The van der Waals surface area contributed by atoms with E-state index in [9.17, 15) is 22.8 Å². The van der Waals surface area contributed by atoms with Gasteiger partial charge in [0.1, 0.15) is 0 Å². The Morgan fingerprint density at radius 3 is 2.26 bits per heavy atom. The van der Waals surface area contributed by atoms with Crippen molar-refractivity contribution in [2.75, 3.05) is 0 Å². The van der Waals surface area contributed by atoms with Gasteiger partial charge in [-0.05, 0) is 54.3 Å². The smallest absolute Gasteiger partial charge is 0.416 e. The molecule has 0 fully saturated rings. The van der Waals surface area contributed by atoms with E-state index in [2.05, 4.69) is 0 Å². The number of thiophene rings is 1. The first-order valence-electron chi connectivity index (χ1n) is 10.7. The van der Waals surface area contributed by atoms with Crippen molar-refractivity contribution in [3.8, 4) is 0 Å². The van der Waals surface area contributed by atoms with Crippen LogP contribution in [0.5, 0.6) is 0 Å². The van der Waals surface area contributed by atoms with Crippen LogP contribution < -0.4 is 0 Å². The number of carbonyl (C=O) groups is 2. The van der Waals surface area contributed by atoms with Crippen LogP contribution in [0.4, 0.5) is 13.2 Å². The van der Waals surface area contributed by atoms with E-state index in [0.717, 1.165) is 32.8 Å². The minimum absolute atomic E-state index is 0.0223. The Kier molecular flexibility index (Phi) is 6.36. The highest BCUT2D eigenvalue weighted by Crippen LogP contribution is 2.35. The molecule has 2 aromatic carbocycles. The van der Waals surface area contributed by atoms with Crippen LogP contribution in [-0.4, -0.2) is 21.4 Å². The number of aryl methyl sites for hydroxylation is 1. The number of Topliss-reactive ketones (excluding diaryl/α,β-unsaturated/α-hetero) is 1. The molecule has 0 saturated heterocycles. The molecule has 0 amide bonds. The molecule has 0 aliphatic rings. The van der Waals surface area contributed by atoms with Crippen LogP contribution in [0, 0.1) is 6.92 Å². The van der Waals surface area contributed by atoms with Gasteiger partial charge in [-0.2, -0.15) is 13.2 Å². The number of aromatic nitrogens is 1. The van der Waals surface area contributed by atoms with Gasteiger partial charge in [0.25, 0.3) is 0 Å². The van der Waals surface area contributed by atoms with Crippen LogP contribution in [0.25, 0.3) is 10.2 Å². The van der Waals surface area contributed by atoms with Gasteiger partial charge in [-0.25, -0.2) is 4.79 Å². The SMILES string of the molecule is Cc1sc2ccn(Cc3ccc(C(F)(F)F)cc3)c2c1C(=O)C[C@@H](C)c1ccc(C(=O)O)cc1. The first-order chi connectivity index (χ1) is 16.0. The summed E-state index contributed by atoms with van der Waals surface area (Å²) in [7, 11) is 0. The van der Waals surface area contributed by atoms with Crippen molar-refractivity contribution in [2.24, 2.45) is 0 Å². The van der Waals surface area contributed by atoms with Gasteiger partial charge in [-0.1, -0.05) is 31.2 Å². The fourth-order valence-corrected chi connectivity index (χ4v) is 5.18. The lowest BCUT2D eigenvalue weighted by Crippen LogP contribution is -2.09. The predicted octanol–water partition coefficient (Wildman–Crippen LogP) is 7.15. The first-order valence-corrected chi connectivity index (χ1v) is 11.5. The molecule has 1 N–H and O–H groups in total. The van der Waals surface area contributed by atoms with Gasteiger partial charge >= 0.3 is 12.1 Å². The number of hydrogen-bond donors (Lipinski definition) is 1. The standard InChI is InChI=1S/C26H22F3NO3S/c1-15(18-5-7-19(8-6-18)25(32)33)13-21(31)23-16(2)34-22-11-12-30(24(22)23)14-17-3-9-20(10-4-17)26(27,28)29/h3-12,15H,13-14H2,1-2H3,(H,32,33)/t15-/m1/s1. The zero-order chi connectivity index (χ0) is 24.6. The summed E-state index contributed by atoms with van der Waals surface area (Å²) in [5, 5.41) is 9.07. The molecule has 0 aliphatic carbocycles. The minimum Gasteiger partial charge on any atom is -0.478 e. The lowest BCUT2D eigenvalue weighted by molar-refractivity contribution is -0.137. The molecule has 2 heterocycles. The molecule has 34 heavy (non-hydrogen) atoms. The van der Waals surface area contributed by atoms with Crippen LogP contribution in [0.3, 0.4) is 0 Å². The van der Waals surface area contributed by atoms with Crippen molar-refractivity contribution in [1.29, 1.82) is 0 Å². The number of carboxylic acids is 1. The summed E-state index contributed by atoms with van der Waals surface area (Å²) < 4.78 is 41.4. The van der Waals surface area contributed by atoms with Crippen LogP contribution in [0.2, 0.25) is 0 Å². The Labute approximate surface area is 198 Å². The highest BCUT2D eigenvalue weighted by molar-refractivity contribution is 7.19.